The fourth-order valence-corrected chi connectivity index (χ4v) is 2.92. The van der Waals surface area contributed by atoms with E-state index in [0.29, 0.717) is 10.6 Å². The molecule has 1 heterocycles. The molecule has 110 valence electrons. The van der Waals surface area contributed by atoms with Crippen molar-refractivity contribution in [2.45, 2.75) is 26.7 Å². The van der Waals surface area contributed by atoms with Crippen LogP contribution in [0.2, 0.25) is 0 Å². The van der Waals surface area contributed by atoms with E-state index in [4.69, 9.17) is 0 Å². The highest BCUT2D eigenvalue weighted by Crippen LogP contribution is 2.29. The number of hydrogen-bond acceptors (Lipinski definition) is 3. The van der Waals surface area contributed by atoms with Crippen molar-refractivity contribution in [1.82, 2.24) is 0 Å². The molecule has 2 rings (SSSR count). The fourth-order valence-electron chi connectivity index (χ4n) is 1.94. The molecule has 0 bridgehead atoms. The second-order valence-electron chi connectivity index (χ2n) is 4.62. The molecular formula is C16H17NO3S. The van der Waals surface area contributed by atoms with Crippen molar-refractivity contribution >= 4 is 28.2 Å². The lowest BCUT2D eigenvalue weighted by Crippen LogP contribution is -2.13. The van der Waals surface area contributed by atoms with Crippen molar-refractivity contribution in [3.63, 3.8) is 0 Å². The van der Waals surface area contributed by atoms with Crippen molar-refractivity contribution in [1.29, 1.82) is 0 Å². The van der Waals surface area contributed by atoms with Crippen LogP contribution in [0.25, 0.3) is 0 Å². The van der Waals surface area contributed by atoms with Gasteiger partial charge in [-0.05, 0) is 36.6 Å². The normalized spacial score (nSPS) is 10.4. The Morgan fingerprint density at radius 1 is 1.14 bits per heavy atom. The maximum Gasteiger partial charge on any atom is 0.338 e. The predicted octanol–water partition coefficient (Wildman–Crippen LogP) is 3.82. The summed E-state index contributed by atoms with van der Waals surface area (Å²) in [6.45, 7) is 4.00. The largest absolute Gasteiger partial charge is 0.478 e. The van der Waals surface area contributed by atoms with Crippen LogP contribution in [0.1, 0.15) is 45.0 Å². The maximum atomic E-state index is 12.2. The van der Waals surface area contributed by atoms with E-state index >= 15 is 0 Å². The van der Waals surface area contributed by atoms with Crippen LogP contribution in [0.3, 0.4) is 0 Å². The van der Waals surface area contributed by atoms with E-state index in [-0.39, 0.29) is 11.5 Å². The molecule has 1 amide bonds. The Bertz CT molecular complexity index is 659. The summed E-state index contributed by atoms with van der Waals surface area (Å²) in [4.78, 5) is 24.3. The van der Waals surface area contributed by atoms with E-state index in [2.05, 4.69) is 5.32 Å². The van der Waals surface area contributed by atoms with Crippen molar-refractivity contribution in [3.8, 4) is 0 Å². The molecule has 0 unspecified atom stereocenters. The van der Waals surface area contributed by atoms with Gasteiger partial charge >= 0.3 is 5.97 Å². The van der Waals surface area contributed by atoms with E-state index in [9.17, 15) is 14.7 Å². The Hall–Kier alpha value is -2.14. The minimum atomic E-state index is -1.03. The summed E-state index contributed by atoms with van der Waals surface area (Å²) in [6, 6.07) is 8.92. The minimum absolute atomic E-state index is 0.148. The number of aryl methyl sites for hydroxylation is 2. The molecule has 4 nitrogen and oxygen atoms in total. The number of nitrogens with one attached hydrogen (secondary N) is 1. The molecule has 0 fully saturated rings. The van der Waals surface area contributed by atoms with Gasteiger partial charge in [-0.25, -0.2) is 4.79 Å². The number of benzene rings is 1. The second-order valence-corrected chi connectivity index (χ2v) is 5.76. The quantitative estimate of drug-likeness (QED) is 0.882. The van der Waals surface area contributed by atoms with Gasteiger partial charge in [0.2, 0.25) is 0 Å². The number of amides is 1. The van der Waals surface area contributed by atoms with Crippen molar-refractivity contribution < 1.29 is 14.7 Å². The number of anilines is 1. The third-order valence-corrected chi connectivity index (χ3v) is 4.41. The van der Waals surface area contributed by atoms with Crippen LogP contribution in [-0.4, -0.2) is 17.0 Å². The Labute approximate surface area is 127 Å². The Kier molecular flexibility index (Phi) is 4.75. The molecule has 0 radical (unpaired) electrons. The van der Waals surface area contributed by atoms with Gasteiger partial charge in [-0.3, -0.25) is 4.79 Å². The summed E-state index contributed by atoms with van der Waals surface area (Å²) >= 11 is 1.31. The van der Waals surface area contributed by atoms with E-state index in [1.54, 1.807) is 18.2 Å². The first kappa shape index (κ1) is 15.3. The lowest BCUT2D eigenvalue weighted by molar-refractivity contribution is 0.0698. The molecule has 0 aliphatic heterocycles. The van der Waals surface area contributed by atoms with Gasteiger partial charge in [-0.15, -0.1) is 11.3 Å². The van der Waals surface area contributed by atoms with Gasteiger partial charge in [0.15, 0.2) is 0 Å². The molecule has 0 aliphatic rings. The van der Waals surface area contributed by atoms with E-state index in [0.717, 1.165) is 23.3 Å². The molecule has 2 aromatic rings. The molecule has 0 aliphatic carbocycles. The van der Waals surface area contributed by atoms with Gasteiger partial charge in [0.25, 0.3) is 5.91 Å². The summed E-state index contributed by atoms with van der Waals surface area (Å²) in [5.41, 5.74) is 1.83. The van der Waals surface area contributed by atoms with Crippen LogP contribution in [0.15, 0.2) is 30.3 Å². The van der Waals surface area contributed by atoms with Crippen LogP contribution in [0, 0.1) is 0 Å². The van der Waals surface area contributed by atoms with Crippen LogP contribution in [0.4, 0.5) is 5.00 Å². The van der Waals surface area contributed by atoms with E-state index in [1.165, 1.54) is 11.3 Å². The van der Waals surface area contributed by atoms with Crippen molar-refractivity contribution in [3.05, 3.63) is 51.9 Å². The summed E-state index contributed by atoms with van der Waals surface area (Å²) in [5, 5.41) is 12.3. The molecule has 0 spiro atoms. The second kappa shape index (κ2) is 6.54. The van der Waals surface area contributed by atoms with E-state index in [1.807, 2.05) is 26.0 Å². The highest BCUT2D eigenvalue weighted by Gasteiger charge is 2.17. The SMILES string of the molecule is CCc1ccc(C(=O)Nc2sc(CC)cc2C(=O)O)cc1. The van der Waals surface area contributed by atoms with Gasteiger partial charge in [-0.2, -0.15) is 0 Å². The smallest absolute Gasteiger partial charge is 0.338 e. The van der Waals surface area contributed by atoms with Gasteiger partial charge in [-0.1, -0.05) is 26.0 Å². The summed E-state index contributed by atoms with van der Waals surface area (Å²) in [7, 11) is 0. The molecule has 21 heavy (non-hydrogen) atoms. The molecule has 5 heteroatoms. The number of aromatic carboxylic acids is 1. The summed E-state index contributed by atoms with van der Waals surface area (Å²) in [5.74, 6) is -1.31. The monoisotopic (exact) mass is 303 g/mol. The number of hydrogen-bond donors (Lipinski definition) is 2. The maximum absolute atomic E-state index is 12.2. The number of thiophene rings is 1. The van der Waals surface area contributed by atoms with Crippen LogP contribution in [0.5, 0.6) is 0 Å². The topological polar surface area (TPSA) is 66.4 Å². The lowest BCUT2D eigenvalue weighted by atomic mass is 10.1. The average molecular weight is 303 g/mol. The molecule has 0 saturated heterocycles. The highest BCUT2D eigenvalue weighted by atomic mass is 32.1. The lowest BCUT2D eigenvalue weighted by Gasteiger charge is -2.05. The zero-order chi connectivity index (χ0) is 15.4. The first-order valence-electron chi connectivity index (χ1n) is 6.81. The highest BCUT2D eigenvalue weighted by molar-refractivity contribution is 7.16. The standard InChI is InChI=1S/C16H17NO3S/c1-3-10-5-7-11(8-6-10)14(18)17-15-13(16(19)20)9-12(4-2)21-15/h5-9H,3-4H2,1-2H3,(H,17,18)(H,19,20). The number of rotatable bonds is 5. The minimum Gasteiger partial charge on any atom is -0.478 e. The number of carboxylic acid groups (broad SMARTS) is 1. The number of carboxylic acids is 1. The predicted molar refractivity (Wildman–Crippen MR) is 84.4 cm³/mol. The molecule has 1 aromatic carbocycles. The van der Waals surface area contributed by atoms with Crippen LogP contribution in [-0.2, 0) is 12.8 Å². The number of carbonyl (C=O) groups is 2. The van der Waals surface area contributed by atoms with Gasteiger partial charge < -0.3 is 10.4 Å². The molecule has 0 saturated carbocycles. The number of carbonyl (C=O) groups excluding carboxylic acids is 1. The fraction of sp³-hybridized carbons (Fsp3) is 0.250. The van der Waals surface area contributed by atoms with Gasteiger partial charge in [0.05, 0.1) is 5.56 Å². The molecule has 1 aromatic heterocycles. The first-order valence-corrected chi connectivity index (χ1v) is 7.63. The summed E-state index contributed by atoms with van der Waals surface area (Å²) < 4.78 is 0. The first-order chi connectivity index (χ1) is 10.0. The zero-order valence-electron chi connectivity index (χ0n) is 12.0. The third kappa shape index (κ3) is 3.49. The van der Waals surface area contributed by atoms with Crippen LogP contribution < -0.4 is 5.32 Å². The van der Waals surface area contributed by atoms with Gasteiger partial charge in [0, 0.05) is 10.4 Å². The zero-order valence-corrected chi connectivity index (χ0v) is 12.8. The Morgan fingerprint density at radius 2 is 1.81 bits per heavy atom. The van der Waals surface area contributed by atoms with Crippen molar-refractivity contribution in [2.75, 3.05) is 5.32 Å². The molecular weight excluding hydrogens is 286 g/mol. The van der Waals surface area contributed by atoms with Crippen LogP contribution >= 0.6 is 11.3 Å². The third-order valence-electron chi connectivity index (χ3n) is 3.21. The Balaban J connectivity index is 2.22. The molecule has 0 atom stereocenters. The van der Waals surface area contributed by atoms with Gasteiger partial charge in [0.1, 0.15) is 5.00 Å². The molecule has 2 N–H and O–H groups in total. The Morgan fingerprint density at radius 3 is 2.33 bits per heavy atom. The van der Waals surface area contributed by atoms with Crippen molar-refractivity contribution in [2.24, 2.45) is 0 Å². The summed E-state index contributed by atoms with van der Waals surface area (Å²) in [6.07, 6.45) is 1.65. The van der Waals surface area contributed by atoms with E-state index < -0.39 is 5.97 Å². The average Bonchev–Trinajstić information content (AvgIpc) is 2.90.